The van der Waals surface area contributed by atoms with Gasteiger partial charge < -0.3 is 10.2 Å². The van der Waals surface area contributed by atoms with Gasteiger partial charge in [0.2, 0.25) is 0 Å². The van der Waals surface area contributed by atoms with Crippen molar-refractivity contribution in [1.29, 1.82) is 0 Å². The quantitative estimate of drug-likeness (QED) is 0.256. The number of hydrogen-bond donors (Lipinski definition) is 2. The van der Waals surface area contributed by atoms with E-state index in [-0.39, 0.29) is 53.2 Å². The van der Waals surface area contributed by atoms with Gasteiger partial charge in [-0.3, -0.25) is 0 Å². The number of sulfone groups is 1. The number of alkyl halides is 6. The molecule has 9 atom stereocenters. The van der Waals surface area contributed by atoms with Crippen LogP contribution in [-0.4, -0.2) is 47.9 Å². The van der Waals surface area contributed by atoms with Crippen LogP contribution < -0.4 is 0 Å². The van der Waals surface area contributed by atoms with Gasteiger partial charge in [-0.25, -0.2) is 8.42 Å². The Kier molecular flexibility index (Phi) is 7.96. The molecule has 236 valence electrons. The molecule has 3 saturated carbocycles. The summed E-state index contributed by atoms with van der Waals surface area (Å²) in [5.41, 5.74) is -2.84. The number of benzene rings is 1. The number of rotatable bonds is 6. The third kappa shape index (κ3) is 5.23. The van der Waals surface area contributed by atoms with Crippen LogP contribution in [0.3, 0.4) is 0 Å². The predicted octanol–water partition coefficient (Wildman–Crippen LogP) is 7.40. The molecule has 0 bridgehead atoms. The van der Waals surface area contributed by atoms with Gasteiger partial charge in [-0.05, 0) is 104 Å². The summed E-state index contributed by atoms with van der Waals surface area (Å²) in [6, 6.07) is 7.39. The fourth-order valence-corrected chi connectivity index (χ4v) is 11.1. The predicted molar refractivity (Wildman–Crippen MR) is 145 cm³/mol. The zero-order valence-corrected chi connectivity index (χ0v) is 24.7. The molecule has 1 aromatic carbocycles. The number of aliphatic hydroxyl groups excluding tert-OH is 1. The molecule has 11 heteroatoms. The largest absolute Gasteiger partial charge is 0.417 e. The van der Waals surface area contributed by atoms with Crippen molar-refractivity contribution in [2.45, 2.75) is 112 Å². The van der Waals surface area contributed by atoms with Gasteiger partial charge in [0.05, 0.1) is 10.1 Å². The highest BCUT2D eigenvalue weighted by Crippen LogP contribution is 2.68. The number of aliphatic hydroxyl groups is 2. The van der Waals surface area contributed by atoms with Crippen molar-refractivity contribution in [3.05, 3.63) is 42.0 Å². The van der Waals surface area contributed by atoms with Gasteiger partial charge in [0.1, 0.15) is 0 Å². The van der Waals surface area contributed by atoms with Crippen LogP contribution in [0.15, 0.2) is 46.9 Å². The maximum absolute atomic E-state index is 13.7. The van der Waals surface area contributed by atoms with Crippen molar-refractivity contribution in [2.75, 3.05) is 0 Å². The van der Waals surface area contributed by atoms with E-state index >= 15 is 0 Å². The standard InChI is InChI=1S/C31H40F6O4S/c1-27-13-12-25-23(10-8-20-18-29(39,31(35,36)37)15-14-28(20,25)2)24(27)11-9-19(27)16-22(17-26(38)30(32,33)34)42(40,41)21-6-4-3-5-7-21/h3-8,19,22-26,38-39H,9-18H2,1-2H3/t19?,22?,23?,24?,25?,26?,27?,28?,29-/m0/s1. The smallest absolute Gasteiger partial charge is 0.384 e. The molecule has 8 unspecified atom stereocenters. The van der Waals surface area contributed by atoms with Crippen molar-refractivity contribution >= 4 is 9.84 Å². The van der Waals surface area contributed by atoms with Crippen LogP contribution in [0.5, 0.6) is 0 Å². The second-order valence-corrected chi connectivity index (χ2v) is 16.0. The average Bonchev–Trinajstić information content (AvgIpc) is 3.24. The molecule has 0 saturated heterocycles. The van der Waals surface area contributed by atoms with Crippen molar-refractivity contribution in [2.24, 2.45) is 34.5 Å². The molecule has 4 aliphatic carbocycles. The summed E-state index contributed by atoms with van der Waals surface area (Å²) in [5.74, 6) is 0.284. The summed E-state index contributed by atoms with van der Waals surface area (Å²) in [4.78, 5) is -0.0678. The van der Waals surface area contributed by atoms with E-state index in [2.05, 4.69) is 6.92 Å². The number of allylic oxidation sites excluding steroid dienone is 1. The van der Waals surface area contributed by atoms with Gasteiger partial charge in [0, 0.05) is 6.42 Å². The minimum atomic E-state index is -4.94. The molecule has 5 rings (SSSR count). The van der Waals surface area contributed by atoms with Gasteiger partial charge in [0.15, 0.2) is 21.5 Å². The summed E-state index contributed by atoms with van der Waals surface area (Å²) < 4.78 is 108. The lowest BCUT2D eigenvalue weighted by Crippen LogP contribution is -2.55. The summed E-state index contributed by atoms with van der Waals surface area (Å²) in [6.45, 7) is 4.12. The van der Waals surface area contributed by atoms with Crippen LogP contribution in [0.25, 0.3) is 0 Å². The normalized spacial score (nSPS) is 38.6. The van der Waals surface area contributed by atoms with Crippen molar-refractivity contribution in [3.63, 3.8) is 0 Å². The van der Waals surface area contributed by atoms with E-state index in [1.54, 1.807) is 6.07 Å². The highest BCUT2D eigenvalue weighted by molar-refractivity contribution is 7.92. The first kappa shape index (κ1) is 31.8. The van der Waals surface area contributed by atoms with Gasteiger partial charge in [-0.2, -0.15) is 26.3 Å². The lowest BCUT2D eigenvalue weighted by atomic mass is 9.46. The molecule has 0 heterocycles. The molecular formula is C31H40F6O4S. The monoisotopic (exact) mass is 622 g/mol. The Morgan fingerprint density at radius 1 is 0.952 bits per heavy atom. The number of halogens is 6. The van der Waals surface area contributed by atoms with E-state index in [1.807, 2.05) is 13.0 Å². The maximum atomic E-state index is 13.7. The van der Waals surface area contributed by atoms with Gasteiger partial charge in [0.25, 0.3) is 0 Å². The van der Waals surface area contributed by atoms with Gasteiger partial charge in [-0.15, -0.1) is 0 Å². The zero-order valence-electron chi connectivity index (χ0n) is 23.9. The highest BCUT2D eigenvalue weighted by atomic mass is 32.2. The second-order valence-electron chi connectivity index (χ2n) is 13.8. The SMILES string of the molecule is CC12CC[C@@](O)(C(F)(F)F)CC1=CCC1C2CCC2(C)C(CC(CC(O)C(F)(F)F)S(=O)(=O)c3ccccc3)CCC12. The van der Waals surface area contributed by atoms with E-state index in [1.165, 1.54) is 24.3 Å². The van der Waals surface area contributed by atoms with Crippen LogP contribution in [0, 0.1) is 34.5 Å². The Morgan fingerprint density at radius 2 is 1.62 bits per heavy atom. The van der Waals surface area contributed by atoms with E-state index in [4.69, 9.17) is 0 Å². The van der Waals surface area contributed by atoms with E-state index in [9.17, 15) is 45.0 Å². The van der Waals surface area contributed by atoms with Crippen LogP contribution in [0.4, 0.5) is 26.3 Å². The third-order valence-electron chi connectivity index (χ3n) is 11.8. The highest BCUT2D eigenvalue weighted by Gasteiger charge is 2.63. The average molecular weight is 623 g/mol. The fraction of sp³-hybridized carbons (Fsp3) is 0.742. The topological polar surface area (TPSA) is 74.6 Å². The fourth-order valence-electron chi connectivity index (χ4n) is 9.24. The molecular weight excluding hydrogens is 582 g/mol. The van der Waals surface area contributed by atoms with Crippen molar-refractivity contribution in [3.8, 4) is 0 Å². The molecule has 3 fully saturated rings. The first-order valence-electron chi connectivity index (χ1n) is 14.9. The van der Waals surface area contributed by atoms with Gasteiger partial charge >= 0.3 is 12.4 Å². The Morgan fingerprint density at radius 3 is 2.24 bits per heavy atom. The van der Waals surface area contributed by atoms with E-state index < -0.39 is 57.4 Å². The van der Waals surface area contributed by atoms with Crippen LogP contribution in [-0.2, 0) is 9.84 Å². The molecule has 0 spiro atoms. The minimum Gasteiger partial charge on any atom is -0.384 e. The molecule has 4 nitrogen and oxygen atoms in total. The first-order chi connectivity index (χ1) is 19.3. The molecule has 1 aromatic rings. The Bertz CT molecular complexity index is 1290. The summed E-state index contributed by atoms with van der Waals surface area (Å²) >= 11 is 0. The first-order valence-corrected chi connectivity index (χ1v) is 16.4. The molecule has 4 aliphatic rings. The summed E-state index contributed by atoms with van der Waals surface area (Å²) in [5, 5.41) is 18.9. The molecule has 0 aromatic heterocycles. The van der Waals surface area contributed by atoms with Crippen LogP contribution >= 0.6 is 0 Å². The summed E-state index contributed by atoms with van der Waals surface area (Å²) in [6.07, 6.45) is -8.54. The van der Waals surface area contributed by atoms with Crippen molar-refractivity contribution < 1.29 is 45.0 Å². The Balaban J connectivity index is 1.40. The lowest BCUT2D eigenvalue weighted by Gasteiger charge is -2.59. The third-order valence-corrected chi connectivity index (χ3v) is 14.0. The van der Waals surface area contributed by atoms with E-state index in [0.29, 0.717) is 24.8 Å². The number of fused-ring (bicyclic) bond motifs is 5. The minimum absolute atomic E-state index is 0.00568. The molecule has 0 aliphatic heterocycles. The Labute approximate surface area is 243 Å². The van der Waals surface area contributed by atoms with Crippen LogP contribution in [0.2, 0.25) is 0 Å². The van der Waals surface area contributed by atoms with Crippen molar-refractivity contribution in [1.82, 2.24) is 0 Å². The van der Waals surface area contributed by atoms with Gasteiger partial charge in [-0.1, -0.05) is 43.7 Å². The molecule has 0 amide bonds. The molecule has 2 N–H and O–H groups in total. The van der Waals surface area contributed by atoms with E-state index in [0.717, 1.165) is 12.8 Å². The zero-order chi connectivity index (χ0) is 30.9. The molecule has 0 radical (unpaired) electrons. The summed E-state index contributed by atoms with van der Waals surface area (Å²) in [7, 11) is -4.17. The molecule has 42 heavy (non-hydrogen) atoms. The lowest BCUT2D eigenvalue weighted by molar-refractivity contribution is -0.271. The second kappa shape index (κ2) is 10.5. The van der Waals surface area contributed by atoms with Crippen LogP contribution in [0.1, 0.15) is 78.1 Å². The maximum Gasteiger partial charge on any atom is 0.417 e. The Hall–Kier alpha value is -1.59. The number of hydrogen-bond acceptors (Lipinski definition) is 4.